The van der Waals surface area contributed by atoms with Crippen molar-refractivity contribution in [2.24, 2.45) is 0 Å². The summed E-state index contributed by atoms with van der Waals surface area (Å²) in [7, 11) is 0. The first-order valence-electron chi connectivity index (χ1n) is 4.23. The van der Waals surface area contributed by atoms with Crippen LogP contribution in [0.1, 0.15) is 11.3 Å². The van der Waals surface area contributed by atoms with Gasteiger partial charge in [-0.3, -0.25) is 4.98 Å². The first-order valence-corrected chi connectivity index (χ1v) is 4.23. The molecule has 13 heavy (non-hydrogen) atoms. The molecule has 0 spiro atoms. The van der Waals surface area contributed by atoms with Gasteiger partial charge in [0, 0.05) is 12.6 Å². The Bertz CT molecular complexity index is 288. The molecule has 2 N–H and O–H groups in total. The number of nitrogens with zero attached hydrogens (tertiary/aromatic N) is 1. The van der Waals surface area contributed by atoms with Gasteiger partial charge in [0.1, 0.15) is 0 Å². The summed E-state index contributed by atoms with van der Waals surface area (Å²) in [6, 6.07) is 1.92. The van der Waals surface area contributed by atoms with Crippen LogP contribution in [-0.4, -0.2) is 4.98 Å². The first kappa shape index (κ1) is 9.52. The number of hydrogen-bond donors (Lipinski definition) is 1. The summed E-state index contributed by atoms with van der Waals surface area (Å²) in [4.78, 5) is 4.18. The molecule has 0 amide bonds. The number of aromatic nitrogens is 1. The SMILES string of the molecule is C=CCc1ccnc(CC=C)c1N. The van der Waals surface area contributed by atoms with Crippen LogP contribution in [0.4, 0.5) is 5.69 Å². The van der Waals surface area contributed by atoms with Crippen LogP contribution >= 0.6 is 0 Å². The summed E-state index contributed by atoms with van der Waals surface area (Å²) in [6.07, 6.45) is 6.92. The van der Waals surface area contributed by atoms with Crippen molar-refractivity contribution < 1.29 is 0 Å². The number of nitrogen functional groups attached to an aromatic ring is 1. The maximum absolute atomic E-state index is 5.90. The molecular weight excluding hydrogens is 160 g/mol. The van der Waals surface area contributed by atoms with Crippen molar-refractivity contribution in [3.63, 3.8) is 0 Å². The minimum atomic E-state index is 0.719. The molecule has 68 valence electrons. The monoisotopic (exact) mass is 174 g/mol. The maximum Gasteiger partial charge on any atom is 0.0672 e. The van der Waals surface area contributed by atoms with Crippen molar-refractivity contribution >= 4 is 5.69 Å². The van der Waals surface area contributed by atoms with Gasteiger partial charge in [-0.05, 0) is 18.1 Å². The topological polar surface area (TPSA) is 38.9 Å². The number of anilines is 1. The van der Waals surface area contributed by atoms with Gasteiger partial charge < -0.3 is 5.73 Å². The van der Waals surface area contributed by atoms with Gasteiger partial charge in [-0.1, -0.05) is 12.2 Å². The van der Waals surface area contributed by atoms with Gasteiger partial charge in [-0.15, -0.1) is 13.2 Å². The largest absolute Gasteiger partial charge is 0.397 e. The van der Waals surface area contributed by atoms with Gasteiger partial charge in [0.15, 0.2) is 0 Å². The average molecular weight is 174 g/mol. The molecule has 1 aromatic heterocycles. The lowest BCUT2D eigenvalue weighted by molar-refractivity contribution is 1.09. The third kappa shape index (κ3) is 2.18. The highest BCUT2D eigenvalue weighted by Gasteiger charge is 2.02. The Morgan fingerprint density at radius 3 is 2.62 bits per heavy atom. The molecule has 2 nitrogen and oxygen atoms in total. The standard InChI is InChI=1S/C11H14N2/c1-3-5-9-7-8-13-10(6-4-2)11(9)12/h3-4,7-8H,1-2,5-6,12H2. The molecule has 0 aliphatic rings. The molecule has 1 heterocycles. The zero-order valence-corrected chi connectivity index (χ0v) is 7.66. The summed E-state index contributed by atoms with van der Waals surface area (Å²) in [5, 5.41) is 0. The second-order valence-electron chi connectivity index (χ2n) is 2.82. The van der Waals surface area contributed by atoms with Crippen LogP contribution in [0, 0.1) is 0 Å². The fourth-order valence-corrected chi connectivity index (χ4v) is 1.19. The van der Waals surface area contributed by atoms with Gasteiger partial charge in [0.05, 0.1) is 11.4 Å². The van der Waals surface area contributed by atoms with Crippen LogP contribution in [-0.2, 0) is 12.8 Å². The fraction of sp³-hybridized carbons (Fsp3) is 0.182. The van der Waals surface area contributed by atoms with E-state index >= 15 is 0 Å². The van der Waals surface area contributed by atoms with Crippen LogP contribution in [0.25, 0.3) is 0 Å². The number of allylic oxidation sites excluding steroid dienone is 2. The van der Waals surface area contributed by atoms with Crippen LogP contribution in [0.15, 0.2) is 37.6 Å². The second kappa shape index (κ2) is 4.45. The van der Waals surface area contributed by atoms with Crippen molar-refractivity contribution in [3.05, 3.63) is 48.8 Å². The molecule has 0 aliphatic carbocycles. The molecule has 0 saturated carbocycles. The molecule has 0 radical (unpaired) electrons. The van der Waals surface area contributed by atoms with E-state index in [0.29, 0.717) is 0 Å². The highest BCUT2D eigenvalue weighted by Crippen LogP contribution is 2.16. The molecule has 2 heteroatoms. The molecule has 0 aliphatic heterocycles. The summed E-state index contributed by atoms with van der Waals surface area (Å²) in [5.74, 6) is 0. The van der Waals surface area contributed by atoms with Gasteiger partial charge >= 0.3 is 0 Å². The highest BCUT2D eigenvalue weighted by atomic mass is 14.7. The Hall–Kier alpha value is -1.57. The Morgan fingerprint density at radius 2 is 2.00 bits per heavy atom. The lowest BCUT2D eigenvalue weighted by atomic mass is 10.1. The predicted molar refractivity (Wildman–Crippen MR) is 56.5 cm³/mol. The third-order valence-corrected chi connectivity index (χ3v) is 1.86. The van der Waals surface area contributed by atoms with E-state index in [1.54, 1.807) is 12.3 Å². The Morgan fingerprint density at radius 1 is 1.31 bits per heavy atom. The highest BCUT2D eigenvalue weighted by molar-refractivity contribution is 5.51. The smallest absolute Gasteiger partial charge is 0.0672 e. The molecule has 1 rings (SSSR count). The van der Waals surface area contributed by atoms with Crippen molar-refractivity contribution in [3.8, 4) is 0 Å². The van der Waals surface area contributed by atoms with E-state index in [9.17, 15) is 0 Å². The number of nitrogens with two attached hydrogens (primary N) is 1. The van der Waals surface area contributed by atoms with E-state index < -0.39 is 0 Å². The molecule has 0 fully saturated rings. The maximum atomic E-state index is 5.90. The Kier molecular flexibility index (Phi) is 3.26. The van der Waals surface area contributed by atoms with E-state index in [1.807, 2.05) is 12.1 Å². The zero-order valence-electron chi connectivity index (χ0n) is 7.66. The van der Waals surface area contributed by atoms with E-state index in [4.69, 9.17) is 5.73 Å². The molecule has 0 bridgehead atoms. The van der Waals surface area contributed by atoms with Crippen LogP contribution in [0.3, 0.4) is 0 Å². The van der Waals surface area contributed by atoms with Crippen molar-refractivity contribution in [2.75, 3.05) is 5.73 Å². The van der Waals surface area contributed by atoms with Crippen molar-refractivity contribution in [1.29, 1.82) is 0 Å². The Balaban J connectivity index is 3.02. The van der Waals surface area contributed by atoms with Gasteiger partial charge in [0.25, 0.3) is 0 Å². The van der Waals surface area contributed by atoms with E-state index in [0.717, 1.165) is 29.8 Å². The van der Waals surface area contributed by atoms with Gasteiger partial charge in [-0.2, -0.15) is 0 Å². The van der Waals surface area contributed by atoms with Crippen molar-refractivity contribution in [1.82, 2.24) is 4.98 Å². The first-order chi connectivity index (χ1) is 6.29. The van der Waals surface area contributed by atoms with Crippen molar-refractivity contribution in [2.45, 2.75) is 12.8 Å². The van der Waals surface area contributed by atoms with E-state index in [-0.39, 0.29) is 0 Å². The second-order valence-corrected chi connectivity index (χ2v) is 2.82. The van der Waals surface area contributed by atoms with E-state index in [1.165, 1.54) is 0 Å². The minimum absolute atomic E-state index is 0.719. The molecule has 0 saturated heterocycles. The summed E-state index contributed by atoms with van der Waals surface area (Å²) in [5.41, 5.74) is 8.65. The van der Waals surface area contributed by atoms with Gasteiger partial charge in [-0.25, -0.2) is 0 Å². The normalized spacial score (nSPS) is 9.54. The van der Waals surface area contributed by atoms with E-state index in [2.05, 4.69) is 18.1 Å². The number of pyridine rings is 1. The fourth-order valence-electron chi connectivity index (χ4n) is 1.19. The number of hydrogen-bond acceptors (Lipinski definition) is 2. The summed E-state index contributed by atoms with van der Waals surface area (Å²) in [6.45, 7) is 7.33. The quantitative estimate of drug-likeness (QED) is 0.710. The molecule has 0 atom stereocenters. The summed E-state index contributed by atoms with van der Waals surface area (Å²) < 4.78 is 0. The minimum Gasteiger partial charge on any atom is -0.397 e. The molecule has 1 aromatic rings. The zero-order chi connectivity index (χ0) is 9.68. The Labute approximate surface area is 78.8 Å². The lowest BCUT2D eigenvalue weighted by Crippen LogP contribution is -2.01. The van der Waals surface area contributed by atoms with Crippen LogP contribution in [0.5, 0.6) is 0 Å². The van der Waals surface area contributed by atoms with Gasteiger partial charge in [0.2, 0.25) is 0 Å². The average Bonchev–Trinajstić information content (AvgIpc) is 2.13. The molecular formula is C11H14N2. The van der Waals surface area contributed by atoms with Crippen LogP contribution in [0.2, 0.25) is 0 Å². The molecule has 0 unspecified atom stereocenters. The van der Waals surface area contributed by atoms with Crippen LogP contribution < -0.4 is 5.73 Å². The third-order valence-electron chi connectivity index (χ3n) is 1.86. The lowest BCUT2D eigenvalue weighted by Gasteiger charge is -2.06. The summed E-state index contributed by atoms with van der Waals surface area (Å²) >= 11 is 0. The predicted octanol–water partition coefficient (Wildman–Crippen LogP) is 2.12. The molecule has 0 aromatic carbocycles. The number of rotatable bonds is 4.